The number of ether oxygens (including phenoxy) is 2. The molecule has 2 heterocycles. The topological polar surface area (TPSA) is 87.7 Å². The fraction of sp³-hybridized carbons (Fsp3) is 0.312. The molecule has 0 bridgehead atoms. The van der Waals surface area contributed by atoms with Gasteiger partial charge in [-0.3, -0.25) is 9.89 Å². The van der Waals surface area contributed by atoms with Crippen LogP contribution in [-0.2, 0) is 6.54 Å². The third kappa shape index (κ3) is 5.09. The van der Waals surface area contributed by atoms with Crippen LogP contribution in [0.4, 0.5) is 0 Å². The van der Waals surface area contributed by atoms with Crippen molar-refractivity contribution in [2.75, 3.05) is 13.2 Å². The highest BCUT2D eigenvalue weighted by Crippen LogP contribution is 2.47. The molecule has 0 saturated heterocycles. The van der Waals surface area contributed by atoms with E-state index in [4.69, 9.17) is 9.47 Å². The summed E-state index contributed by atoms with van der Waals surface area (Å²) in [5.41, 5.74) is 6.15. The molecule has 1 atom stereocenters. The smallest absolute Gasteiger partial charge is 0.273 e. The summed E-state index contributed by atoms with van der Waals surface area (Å²) in [6, 6.07) is 19.1. The van der Waals surface area contributed by atoms with Gasteiger partial charge in [0.25, 0.3) is 5.91 Å². The highest BCUT2D eigenvalue weighted by molar-refractivity contribution is 6.00. The van der Waals surface area contributed by atoms with Crippen LogP contribution >= 0.6 is 0 Å². The number of carbonyl (C=O) groups is 1. The minimum atomic E-state index is -0.439. The van der Waals surface area contributed by atoms with E-state index in [1.54, 1.807) is 6.07 Å². The fourth-order valence-corrected chi connectivity index (χ4v) is 5.34. The first-order valence-electron chi connectivity index (χ1n) is 13.6. The van der Waals surface area contributed by atoms with Crippen LogP contribution in [0.1, 0.15) is 71.0 Å². The Bertz CT molecular complexity index is 1460. The number of unbranched alkanes of at least 4 members (excludes halogenated alkanes) is 1. The molecule has 7 heteroatoms. The molecular formula is C32H35N3O4. The Hall–Kier alpha value is -4.26. The third-order valence-corrected chi connectivity index (χ3v) is 7.09. The molecule has 1 aromatic heterocycles. The van der Waals surface area contributed by atoms with Gasteiger partial charge in [-0.1, -0.05) is 55.8 Å². The van der Waals surface area contributed by atoms with Gasteiger partial charge in [-0.25, -0.2) is 0 Å². The standard InChI is InChI=1S/C32H35N3O4/c1-5-7-15-39-25-14-13-23(18-26(25)38-6-2)31-28-29(27-21(4)16-20(3)17-24(27)36)33-34-30(28)32(37)35(31)19-22-11-9-8-10-12-22/h8-14,16-18,31,36H,5-7,15,19H2,1-4H3,(H,33,34). The molecule has 3 aromatic carbocycles. The number of H-pyrrole nitrogens is 1. The number of aromatic nitrogens is 2. The van der Waals surface area contributed by atoms with Gasteiger partial charge >= 0.3 is 0 Å². The van der Waals surface area contributed by atoms with Gasteiger partial charge < -0.3 is 19.5 Å². The van der Waals surface area contributed by atoms with E-state index in [1.165, 1.54) is 0 Å². The molecule has 7 nitrogen and oxygen atoms in total. The zero-order valence-electron chi connectivity index (χ0n) is 23.0. The molecule has 1 aliphatic heterocycles. The summed E-state index contributed by atoms with van der Waals surface area (Å²) in [7, 11) is 0. The number of benzene rings is 3. The van der Waals surface area contributed by atoms with Gasteiger partial charge in [-0.2, -0.15) is 5.10 Å². The van der Waals surface area contributed by atoms with Crippen molar-refractivity contribution in [1.29, 1.82) is 0 Å². The van der Waals surface area contributed by atoms with Crippen LogP contribution in [0.2, 0.25) is 0 Å². The molecule has 0 fully saturated rings. The summed E-state index contributed by atoms with van der Waals surface area (Å²) in [4.78, 5) is 15.7. The highest BCUT2D eigenvalue weighted by Gasteiger charge is 2.43. The molecule has 202 valence electrons. The van der Waals surface area contributed by atoms with Crippen molar-refractivity contribution in [1.82, 2.24) is 15.1 Å². The summed E-state index contributed by atoms with van der Waals surface area (Å²) in [5.74, 6) is 1.34. The fourth-order valence-electron chi connectivity index (χ4n) is 5.34. The van der Waals surface area contributed by atoms with Crippen molar-refractivity contribution < 1.29 is 19.4 Å². The summed E-state index contributed by atoms with van der Waals surface area (Å²) in [6.07, 6.45) is 1.99. The number of amides is 1. The predicted molar refractivity (Wildman–Crippen MR) is 151 cm³/mol. The van der Waals surface area contributed by atoms with Crippen LogP contribution in [0.25, 0.3) is 11.3 Å². The molecule has 0 radical (unpaired) electrons. The largest absolute Gasteiger partial charge is 0.507 e. The number of hydrogen-bond acceptors (Lipinski definition) is 5. The van der Waals surface area contributed by atoms with Crippen LogP contribution in [0.15, 0.2) is 60.7 Å². The first kappa shape index (κ1) is 26.4. The molecule has 5 rings (SSSR count). The molecule has 39 heavy (non-hydrogen) atoms. The van der Waals surface area contributed by atoms with E-state index in [9.17, 15) is 9.90 Å². The second-order valence-corrected chi connectivity index (χ2v) is 10.00. The lowest BCUT2D eigenvalue weighted by Crippen LogP contribution is -2.29. The monoisotopic (exact) mass is 525 g/mol. The number of phenols is 1. The first-order chi connectivity index (χ1) is 18.9. The number of phenolic OH excluding ortho intramolecular Hbond substituents is 1. The number of fused-ring (bicyclic) bond motifs is 1. The molecule has 1 unspecified atom stereocenters. The number of nitrogens with one attached hydrogen (secondary N) is 1. The van der Waals surface area contributed by atoms with Crippen molar-refractivity contribution >= 4 is 5.91 Å². The van der Waals surface area contributed by atoms with Crippen molar-refractivity contribution in [3.63, 3.8) is 0 Å². The van der Waals surface area contributed by atoms with Crippen molar-refractivity contribution in [3.05, 3.63) is 94.2 Å². The van der Waals surface area contributed by atoms with E-state index in [0.29, 0.717) is 48.2 Å². The third-order valence-electron chi connectivity index (χ3n) is 7.09. The number of aromatic hydroxyl groups is 1. The average Bonchev–Trinajstić information content (AvgIpc) is 3.44. The lowest BCUT2D eigenvalue weighted by molar-refractivity contribution is 0.0729. The zero-order valence-corrected chi connectivity index (χ0v) is 23.0. The summed E-state index contributed by atoms with van der Waals surface area (Å²) in [6.45, 7) is 9.49. The van der Waals surface area contributed by atoms with Crippen LogP contribution in [0.5, 0.6) is 17.2 Å². The van der Waals surface area contributed by atoms with Gasteiger partial charge in [0.15, 0.2) is 11.5 Å². The molecule has 0 spiro atoms. The van der Waals surface area contributed by atoms with Gasteiger partial charge in [0, 0.05) is 17.7 Å². The second-order valence-electron chi connectivity index (χ2n) is 10.00. The molecule has 0 aliphatic carbocycles. The molecule has 2 N–H and O–H groups in total. The predicted octanol–water partition coefficient (Wildman–Crippen LogP) is 6.72. The lowest BCUT2D eigenvalue weighted by atomic mass is 9.93. The van der Waals surface area contributed by atoms with Crippen LogP contribution < -0.4 is 9.47 Å². The van der Waals surface area contributed by atoms with Crippen molar-refractivity contribution in [2.24, 2.45) is 0 Å². The highest BCUT2D eigenvalue weighted by atomic mass is 16.5. The summed E-state index contributed by atoms with van der Waals surface area (Å²) in [5, 5.41) is 18.5. The van der Waals surface area contributed by atoms with Gasteiger partial charge in [0.1, 0.15) is 17.1 Å². The maximum Gasteiger partial charge on any atom is 0.273 e. The van der Waals surface area contributed by atoms with E-state index in [1.807, 2.05) is 80.3 Å². The Morgan fingerprint density at radius 3 is 2.51 bits per heavy atom. The normalized spacial score (nSPS) is 14.5. The van der Waals surface area contributed by atoms with E-state index in [2.05, 4.69) is 17.1 Å². The Morgan fingerprint density at radius 2 is 1.79 bits per heavy atom. The van der Waals surface area contributed by atoms with Crippen molar-refractivity contribution in [2.45, 2.75) is 53.1 Å². The Kier molecular flexibility index (Phi) is 7.59. The Morgan fingerprint density at radius 1 is 1.00 bits per heavy atom. The van der Waals surface area contributed by atoms with Crippen LogP contribution in [-0.4, -0.2) is 39.3 Å². The quantitative estimate of drug-likeness (QED) is 0.224. The lowest BCUT2D eigenvalue weighted by Gasteiger charge is -2.27. The second kappa shape index (κ2) is 11.2. The van der Waals surface area contributed by atoms with Crippen LogP contribution in [0.3, 0.4) is 0 Å². The zero-order chi connectivity index (χ0) is 27.5. The number of nitrogens with zero attached hydrogens (tertiary/aromatic N) is 2. The first-order valence-corrected chi connectivity index (χ1v) is 13.6. The minimum Gasteiger partial charge on any atom is -0.507 e. The SMILES string of the molecule is CCCCOc1ccc(C2c3c(-c4c(C)cc(C)cc4O)n[nH]c3C(=O)N2Cc2ccccc2)cc1OCC. The number of hydrogen-bond donors (Lipinski definition) is 2. The van der Waals surface area contributed by atoms with Crippen molar-refractivity contribution in [3.8, 4) is 28.5 Å². The number of carbonyl (C=O) groups excluding carboxylic acids is 1. The minimum absolute atomic E-state index is 0.136. The van der Waals surface area contributed by atoms with Gasteiger partial charge in [-0.05, 0) is 67.6 Å². The molecular weight excluding hydrogens is 490 g/mol. The van der Waals surface area contributed by atoms with E-state index in [-0.39, 0.29) is 11.7 Å². The van der Waals surface area contributed by atoms with Crippen LogP contribution in [0, 0.1) is 13.8 Å². The number of aryl methyl sites for hydroxylation is 2. The summed E-state index contributed by atoms with van der Waals surface area (Å²) >= 11 is 0. The number of aromatic amines is 1. The Labute approximate surface area is 229 Å². The molecule has 1 amide bonds. The molecule has 0 saturated carbocycles. The number of rotatable bonds is 10. The van der Waals surface area contributed by atoms with Gasteiger partial charge in [0.05, 0.1) is 19.3 Å². The molecule has 4 aromatic rings. The van der Waals surface area contributed by atoms with Gasteiger partial charge in [0.2, 0.25) is 0 Å². The van der Waals surface area contributed by atoms with E-state index >= 15 is 0 Å². The van der Waals surface area contributed by atoms with E-state index < -0.39 is 6.04 Å². The van der Waals surface area contributed by atoms with Gasteiger partial charge in [-0.15, -0.1) is 0 Å². The molecule has 1 aliphatic rings. The maximum absolute atomic E-state index is 13.8. The summed E-state index contributed by atoms with van der Waals surface area (Å²) < 4.78 is 12.0. The Balaban J connectivity index is 1.65. The maximum atomic E-state index is 13.8. The van der Waals surface area contributed by atoms with E-state index in [0.717, 1.165) is 40.7 Å². The average molecular weight is 526 g/mol.